The van der Waals surface area contributed by atoms with Gasteiger partial charge in [0.05, 0.1) is 12.5 Å². The summed E-state index contributed by atoms with van der Waals surface area (Å²) in [6.45, 7) is 3.46. The predicted molar refractivity (Wildman–Crippen MR) is 70.2 cm³/mol. The molecule has 1 atom stereocenters. The maximum atomic E-state index is 12.0. The van der Waals surface area contributed by atoms with Gasteiger partial charge in [0.15, 0.2) is 0 Å². The number of methoxy groups -OCH3 is 1. The molecule has 1 rings (SSSR count). The van der Waals surface area contributed by atoms with Gasteiger partial charge in [-0.25, -0.2) is 9.52 Å². The SMILES string of the molecule is COC(=O)NS(=O)(=O)N1CCCC(C(C)(C)C(=O)O)C1. The van der Waals surface area contributed by atoms with Gasteiger partial charge in [-0.15, -0.1) is 0 Å². The fourth-order valence-electron chi connectivity index (χ4n) is 2.14. The Balaban J connectivity index is 2.84. The first-order valence-electron chi connectivity index (χ1n) is 6.20. The van der Waals surface area contributed by atoms with Crippen LogP contribution in [0.2, 0.25) is 0 Å². The minimum atomic E-state index is -4.00. The zero-order valence-electron chi connectivity index (χ0n) is 11.7. The van der Waals surface area contributed by atoms with E-state index >= 15 is 0 Å². The van der Waals surface area contributed by atoms with E-state index < -0.39 is 27.7 Å². The molecule has 2 N–H and O–H groups in total. The lowest BCUT2D eigenvalue weighted by Gasteiger charge is -2.38. The molecule has 1 unspecified atom stereocenters. The molecule has 9 heteroatoms. The summed E-state index contributed by atoms with van der Waals surface area (Å²) >= 11 is 0. The molecular formula is C11H20N2O6S. The third-order valence-corrected chi connectivity index (χ3v) is 5.13. The van der Waals surface area contributed by atoms with Gasteiger partial charge < -0.3 is 9.84 Å². The van der Waals surface area contributed by atoms with E-state index in [0.29, 0.717) is 12.8 Å². The fraction of sp³-hybridized carbons (Fsp3) is 0.818. The highest BCUT2D eigenvalue weighted by molar-refractivity contribution is 7.87. The van der Waals surface area contributed by atoms with E-state index in [-0.39, 0.29) is 19.0 Å². The number of piperidine rings is 1. The van der Waals surface area contributed by atoms with Crippen molar-refractivity contribution >= 4 is 22.3 Å². The van der Waals surface area contributed by atoms with E-state index in [1.807, 2.05) is 0 Å². The third kappa shape index (κ3) is 3.60. The topological polar surface area (TPSA) is 113 Å². The Morgan fingerprint density at radius 1 is 1.40 bits per heavy atom. The van der Waals surface area contributed by atoms with Crippen molar-refractivity contribution in [1.82, 2.24) is 9.03 Å². The first-order chi connectivity index (χ1) is 9.11. The molecule has 1 aliphatic rings. The molecule has 20 heavy (non-hydrogen) atoms. The van der Waals surface area contributed by atoms with Gasteiger partial charge in [0.1, 0.15) is 0 Å². The molecule has 0 radical (unpaired) electrons. The molecular weight excluding hydrogens is 288 g/mol. The highest BCUT2D eigenvalue weighted by Gasteiger charge is 2.41. The van der Waals surface area contributed by atoms with Crippen molar-refractivity contribution in [2.45, 2.75) is 26.7 Å². The zero-order chi connectivity index (χ0) is 15.6. The lowest BCUT2D eigenvalue weighted by Crippen LogP contribution is -2.51. The number of carboxylic acids is 1. The van der Waals surface area contributed by atoms with Crippen molar-refractivity contribution in [2.75, 3.05) is 20.2 Å². The second kappa shape index (κ2) is 5.96. The average molecular weight is 308 g/mol. The molecule has 0 saturated carbocycles. The van der Waals surface area contributed by atoms with Crippen LogP contribution in [0, 0.1) is 11.3 Å². The number of aliphatic carboxylic acids is 1. The van der Waals surface area contributed by atoms with Gasteiger partial charge in [-0.1, -0.05) is 0 Å². The van der Waals surface area contributed by atoms with Gasteiger partial charge in [0.2, 0.25) is 0 Å². The molecule has 1 heterocycles. The number of ether oxygens (including phenoxy) is 1. The number of amides is 1. The maximum absolute atomic E-state index is 12.0. The van der Waals surface area contributed by atoms with E-state index in [1.165, 1.54) is 0 Å². The van der Waals surface area contributed by atoms with Crippen molar-refractivity contribution in [2.24, 2.45) is 11.3 Å². The Bertz CT molecular complexity index is 487. The summed E-state index contributed by atoms with van der Waals surface area (Å²) in [7, 11) is -2.93. The molecule has 0 aliphatic carbocycles. The monoisotopic (exact) mass is 308 g/mol. The Kier molecular flexibility index (Phi) is 4.98. The number of carbonyl (C=O) groups is 2. The van der Waals surface area contributed by atoms with Gasteiger partial charge in [-0.2, -0.15) is 12.7 Å². The summed E-state index contributed by atoms with van der Waals surface area (Å²) in [5.74, 6) is -1.29. The Labute approximate surface area is 118 Å². The molecule has 0 aromatic carbocycles. The molecule has 1 saturated heterocycles. The van der Waals surface area contributed by atoms with Crippen LogP contribution in [-0.2, 0) is 19.7 Å². The summed E-state index contributed by atoms with van der Waals surface area (Å²) in [5, 5.41) is 9.21. The van der Waals surface area contributed by atoms with Gasteiger partial charge >= 0.3 is 22.3 Å². The molecule has 116 valence electrons. The van der Waals surface area contributed by atoms with E-state index in [0.717, 1.165) is 11.4 Å². The van der Waals surface area contributed by atoms with E-state index in [9.17, 15) is 23.1 Å². The predicted octanol–water partition coefficient (Wildman–Crippen LogP) is 0.410. The third-order valence-electron chi connectivity index (χ3n) is 3.69. The summed E-state index contributed by atoms with van der Waals surface area (Å²) < 4.78 is 31.0. The lowest BCUT2D eigenvalue weighted by molar-refractivity contribution is -0.151. The number of carboxylic acid groups (broad SMARTS) is 1. The van der Waals surface area contributed by atoms with E-state index in [4.69, 9.17) is 0 Å². The number of carbonyl (C=O) groups excluding carboxylic acids is 1. The van der Waals surface area contributed by atoms with Gasteiger partial charge in [-0.3, -0.25) is 4.79 Å². The normalized spacial score (nSPS) is 21.2. The standard InChI is InChI=1S/C11H20N2O6S/c1-11(2,9(14)15)8-5-4-6-13(7-8)20(17,18)12-10(16)19-3/h8H,4-7H2,1-3H3,(H,12,16)(H,14,15). The molecule has 1 fully saturated rings. The minimum Gasteiger partial charge on any atom is -0.481 e. The lowest BCUT2D eigenvalue weighted by atomic mass is 9.75. The van der Waals surface area contributed by atoms with Crippen LogP contribution in [-0.4, -0.2) is 50.1 Å². The van der Waals surface area contributed by atoms with Crippen molar-refractivity contribution in [3.8, 4) is 0 Å². The zero-order valence-corrected chi connectivity index (χ0v) is 12.6. The van der Waals surface area contributed by atoms with E-state index in [2.05, 4.69) is 4.74 Å². The molecule has 0 aromatic heterocycles. The quantitative estimate of drug-likeness (QED) is 0.777. The smallest absolute Gasteiger partial charge is 0.421 e. The molecule has 0 aromatic rings. The summed E-state index contributed by atoms with van der Waals surface area (Å²) in [4.78, 5) is 22.3. The number of nitrogens with zero attached hydrogens (tertiary/aromatic N) is 1. The van der Waals surface area contributed by atoms with Crippen LogP contribution in [0.1, 0.15) is 26.7 Å². The van der Waals surface area contributed by atoms with Crippen molar-refractivity contribution in [1.29, 1.82) is 0 Å². The molecule has 8 nitrogen and oxygen atoms in total. The minimum absolute atomic E-state index is 0.0611. The van der Waals surface area contributed by atoms with Crippen LogP contribution in [0.4, 0.5) is 4.79 Å². The molecule has 1 amide bonds. The Hall–Kier alpha value is -1.35. The van der Waals surface area contributed by atoms with Crippen molar-refractivity contribution in [3.63, 3.8) is 0 Å². The average Bonchev–Trinajstić information content (AvgIpc) is 2.38. The highest BCUT2D eigenvalue weighted by Crippen LogP contribution is 2.34. The van der Waals surface area contributed by atoms with Crippen LogP contribution in [0.25, 0.3) is 0 Å². The van der Waals surface area contributed by atoms with E-state index in [1.54, 1.807) is 18.6 Å². The molecule has 1 aliphatic heterocycles. The first-order valence-corrected chi connectivity index (χ1v) is 7.64. The van der Waals surface area contributed by atoms with Crippen molar-refractivity contribution in [3.05, 3.63) is 0 Å². The van der Waals surface area contributed by atoms with Crippen molar-refractivity contribution < 1.29 is 27.9 Å². The number of rotatable bonds is 4. The summed E-state index contributed by atoms with van der Waals surface area (Å²) in [6.07, 6.45) is 0.108. The van der Waals surface area contributed by atoms with Crippen LogP contribution in [0.3, 0.4) is 0 Å². The molecule has 0 bridgehead atoms. The van der Waals surface area contributed by atoms with Crippen LogP contribution in [0.15, 0.2) is 0 Å². The van der Waals surface area contributed by atoms with Crippen LogP contribution in [0.5, 0.6) is 0 Å². The Morgan fingerprint density at radius 2 is 2.00 bits per heavy atom. The molecule has 0 spiro atoms. The first kappa shape index (κ1) is 16.7. The van der Waals surface area contributed by atoms with Gasteiger partial charge in [0, 0.05) is 13.1 Å². The van der Waals surface area contributed by atoms with Gasteiger partial charge in [0.25, 0.3) is 0 Å². The van der Waals surface area contributed by atoms with Crippen LogP contribution < -0.4 is 4.72 Å². The number of hydrogen-bond acceptors (Lipinski definition) is 5. The van der Waals surface area contributed by atoms with Gasteiger partial charge in [-0.05, 0) is 32.6 Å². The number of hydrogen-bond donors (Lipinski definition) is 2. The van der Waals surface area contributed by atoms with Crippen LogP contribution >= 0.6 is 0 Å². The fourth-order valence-corrected chi connectivity index (χ4v) is 3.30. The summed E-state index contributed by atoms with van der Waals surface area (Å²) in [6, 6.07) is 0. The highest BCUT2D eigenvalue weighted by atomic mass is 32.2. The Morgan fingerprint density at radius 3 is 2.50 bits per heavy atom. The number of nitrogens with one attached hydrogen (secondary N) is 1. The second-order valence-electron chi connectivity index (χ2n) is 5.32. The second-order valence-corrected chi connectivity index (χ2v) is 6.99. The maximum Gasteiger partial charge on any atom is 0.421 e. The largest absolute Gasteiger partial charge is 0.481 e. The summed E-state index contributed by atoms with van der Waals surface area (Å²) in [5.41, 5.74) is -1.03.